The maximum Gasteiger partial charge on any atom is 0.293 e. The first kappa shape index (κ1) is 23.0. The number of phenols is 1. The smallest absolute Gasteiger partial charge is 0.293 e. The fraction of sp³-hybridized carbons (Fsp3) is 0.0952. The molecule has 32 heavy (non-hydrogen) atoms. The Morgan fingerprint density at radius 1 is 1.09 bits per heavy atom. The van der Waals surface area contributed by atoms with Crippen molar-refractivity contribution in [3.05, 3.63) is 92.5 Å². The fourth-order valence-electron chi connectivity index (χ4n) is 2.84. The van der Waals surface area contributed by atoms with Crippen LogP contribution in [-0.2, 0) is 16.6 Å². The molecule has 3 N–H and O–H groups in total. The summed E-state index contributed by atoms with van der Waals surface area (Å²) in [6.07, 6.45) is 0. The van der Waals surface area contributed by atoms with E-state index in [1.165, 1.54) is 54.6 Å². The number of anilines is 1. The van der Waals surface area contributed by atoms with Crippen LogP contribution in [0.3, 0.4) is 0 Å². The molecule has 166 valence electrons. The number of nitro groups is 1. The summed E-state index contributed by atoms with van der Waals surface area (Å²) in [5.74, 6) is -0.764. The van der Waals surface area contributed by atoms with Gasteiger partial charge in [-0.1, -0.05) is 29.8 Å². The zero-order valence-electron chi connectivity index (χ0n) is 16.7. The molecule has 9 nitrogen and oxygen atoms in total. The minimum atomic E-state index is -4.07. The Kier molecular flexibility index (Phi) is 6.66. The van der Waals surface area contributed by atoms with Gasteiger partial charge < -0.3 is 10.4 Å². The second kappa shape index (κ2) is 9.25. The standard InChI is InChI=1S/C21H18ClN3O6S/c1-13-2-8-18(19(10-13)25(28)29)24-32(30,31)16-6-3-14(4-7-16)12-23-21(27)17-11-15(22)5-9-20(17)26/h2-11,24,26H,12H2,1H3,(H,23,27). The Hall–Kier alpha value is -3.63. The normalized spacial score (nSPS) is 11.1. The zero-order chi connectivity index (χ0) is 23.5. The van der Waals surface area contributed by atoms with Crippen molar-refractivity contribution in [2.45, 2.75) is 18.4 Å². The Bertz CT molecular complexity index is 1290. The monoisotopic (exact) mass is 475 g/mol. The molecule has 1 amide bonds. The molecule has 3 rings (SSSR count). The van der Waals surface area contributed by atoms with Crippen molar-refractivity contribution < 1.29 is 23.2 Å². The summed E-state index contributed by atoms with van der Waals surface area (Å²) in [5.41, 5.74) is 0.744. The highest BCUT2D eigenvalue weighted by molar-refractivity contribution is 7.92. The van der Waals surface area contributed by atoms with Crippen molar-refractivity contribution in [1.82, 2.24) is 5.32 Å². The summed E-state index contributed by atoms with van der Waals surface area (Å²) in [7, 11) is -4.07. The maximum absolute atomic E-state index is 12.6. The summed E-state index contributed by atoms with van der Waals surface area (Å²) in [4.78, 5) is 22.7. The van der Waals surface area contributed by atoms with E-state index in [4.69, 9.17) is 11.6 Å². The topological polar surface area (TPSA) is 139 Å². The quantitative estimate of drug-likeness (QED) is 0.348. The summed E-state index contributed by atoms with van der Waals surface area (Å²) in [6, 6.07) is 13.9. The Morgan fingerprint density at radius 2 is 1.78 bits per heavy atom. The van der Waals surface area contributed by atoms with E-state index < -0.39 is 20.9 Å². The van der Waals surface area contributed by atoms with Gasteiger partial charge in [-0.15, -0.1) is 0 Å². The lowest BCUT2D eigenvalue weighted by Crippen LogP contribution is -2.23. The number of phenolic OH excluding ortho intramolecular Hbond substituents is 1. The number of amides is 1. The predicted molar refractivity (Wildman–Crippen MR) is 119 cm³/mol. The SMILES string of the molecule is Cc1ccc(NS(=O)(=O)c2ccc(CNC(=O)c3cc(Cl)ccc3O)cc2)c([N+](=O)[O-])c1. The summed E-state index contributed by atoms with van der Waals surface area (Å²) in [5, 5.41) is 23.9. The molecule has 0 bridgehead atoms. The van der Waals surface area contributed by atoms with Gasteiger partial charge in [-0.3, -0.25) is 19.6 Å². The van der Waals surface area contributed by atoms with E-state index in [9.17, 15) is 28.4 Å². The average Bonchev–Trinajstić information content (AvgIpc) is 2.75. The Labute approximate surface area is 188 Å². The molecule has 0 unspecified atom stereocenters. The Balaban J connectivity index is 1.72. The molecule has 3 aromatic carbocycles. The number of benzene rings is 3. The number of hydrogen-bond donors (Lipinski definition) is 3. The molecular formula is C21H18ClN3O6S. The van der Waals surface area contributed by atoms with E-state index >= 15 is 0 Å². The molecule has 0 aliphatic carbocycles. The van der Waals surface area contributed by atoms with Gasteiger partial charge in [0.25, 0.3) is 21.6 Å². The second-order valence-corrected chi connectivity index (χ2v) is 8.99. The van der Waals surface area contributed by atoms with Crippen LogP contribution in [0.25, 0.3) is 0 Å². The summed E-state index contributed by atoms with van der Waals surface area (Å²) < 4.78 is 27.5. The van der Waals surface area contributed by atoms with Gasteiger partial charge in [0.05, 0.1) is 15.4 Å². The number of nitro benzene ring substituents is 1. The van der Waals surface area contributed by atoms with E-state index in [-0.39, 0.29) is 34.1 Å². The number of aromatic hydroxyl groups is 1. The van der Waals surface area contributed by atoms with E-state index in [1.807, 2.05) is 0 Å². The van der Waals surface area contributed by atoms with Crippen LogP contribution in [0.4, 0.5) is 11.4 Å². The Morgan fingerprint density at radius 3 is 2.44 bits per heavy atom. The van der Waals surface area contributed by atoms with Gasteiger partial charge >= 0.3 is 0 Å². The molecule has 0 aliphatic rings. The average molecular weight is 476 g/mol. The molecule has 0 heterocycles. The highest BCUT2D eigenvalue weighted by Gasteiger charge is 2.21. The highest BCUT2D eigenvalue weighted by atomic mass is 35.5. The summed E-state index contributed by atoms with van der Waals surface area (Å²) >= 11 is 5.84. The van der Waals surface area contributed by atoms with Crippen LogP contribution in [0.5, 0.6) is 5.75 Å². The molecule has 0 saturated carbocycles. The largest absolute Gasteiger partial charge is 0.507 e. The number of carbonyl (C=O) groups excluding carboxylic acids is 1. The van der Waals surface area contributed by atoms with Gasteiger partial charge in [0.15, 0.2) is 0 Å². The van der Waals surface area contributed by atoms with Gasteiger partial charge in [0.1, 0.15) is 11.4 Å². The number of nitrogens with one attached hydrogen (secondary N) is 2. The van der Waals surface area contributed by atoms with Gasteiger partial charge in [0.2, 0.25) is 0 Å². The number of sulfonamides is 1. The number of nitrogens with zero attached hydrogens (tertiary/aromatic N) is 1. The van der Waals surface area contributed by atoms with Crippen LogP contribution in [0.15, 0.2) is 65.6 Å². The third-order valence-electron chi connectivity index (χ3n) is 4.48. The van der Waals surface area contributed by atoms with Gasteiger partial charge in [0, 0.05) is 17.6 Å². The molecule has 0 aliphatic heterocycles. The fourth-order valence-corrected chi connectivity index (χ4v) is 4.08. The van der Waals surface area contributed by atoms with Crippen molar-refractivity contribution >= 4 is 38.9 Å². The first-order chi connectivity index (χ1) is 15.1. The van der Waals surface area contributed by atoms with Crippen LogP contribution in [0.2, 0.25) is 5.02 Å². The molecule has 0 fully saturated rings. The predicted octanol–water partition coefficient (Wildman–Crippen LogP) is 3.99. The first-order valence-corrected chi connectivity index (χ1v) is 11.1. The number of carbonyl (C=O) groups is 1. The maximum atomic E-state index is 12.6. The van der Waals surface area contributed by atoms with E-state index in [0.29, 0.717) is 16.1 Å². The van der Waals surface area contributed by atoms with E-state index in [0.717, 1.165) is 0 Å². The lowest BCUT2D eigenvalue weighted by Gasteiger charge is -2.10. The van der Waals surface area contributed by atoms with Crippen LogP contribution >= 0.6 is 11.6 Å². The first-order valence-electron chi connectivity index (χ1n) is 9.20. The van der Waals surface area contributed by atoms with Gasteiger partial charge in [-0.2, -0.15) is 0 Å². The van der Waals surface area contributed by atoms with Crippen LogP contribution in [0.1, 0.15) is 21.5 Å². The molecule has 3 aromatic rings. The lowest BCUT2D eigenvalue weighted by molar-refractivity contribution is -0.383. The van der Waals surface area contributed by atoms with E-state index in [1.54, 1.807) is 13.0 Å². The minimum Gasteiger partial charge on any atom is -0.507 e. The zero-order valence-corrected chi connectivity index (χ0v) is 18.3. The number of halogens is 1. The molecule has 0 atom stereocenters. The molecule has 11 heteroatoms. The number of hydrogen-bond acceptors (Lipinski definition) is 6. The highest BCUT2D eigenvalue weighted by Crippen LogP contribution is 2.28. The van der Waals surface area contributed by atoms with Crippen molar-refractivity contribution in [3.8, 4) is 5.75 Å². The van der Waals surface area contributed by atoms with Gasteiger partial charge in [-0.05, 0) is 54.4 Å². The third-order valence-corrected chi connectivity index (χ3v) is 6.10. The number of rotatable bonds is 7. The van der Waals surface area contributed by atoms with Crippen LogP contribution < -0.4 is 10.0 Å². The minimum absolute atomic E-state index is 0.0144. The third kappa shape index (κ3) is 5.34. The lowest BCUT2D eigenvalue weighted by atomic mass is 10.1. The van der Waals surface area contributed by atoms with Crippen molar-refractivity contribution in [1.29, 1.82) is 0 Å². The van der Waals surface area contributed by atoms with E-state index in [2.05, 4.69) is 10.0 Å². The van der Waals surface area contributed by atoms with Crippen molar-refractivity contribution in [2.75, 3.05) is 4.72 Å². The molecular weight excluding hydrogens is 458 g/mol. The van der Waals surface area contributed by atoms with Gasteiger partial charge in [-0.25, -0.2) is 8.42 Å². The van der Waals surface area contributed by atoms with Crippen molar-refractivity contribution in [3.63, 3.8) is 0 Å². The van der Waals surface area contributed by atoms with Crippen LogP contribution in [0, 0.1) is 17.0 Å². The second-order valence-electron chi connectivity index (χ2n) is 6.87. The molecule has 0 spiro atoms. The molecule has 0 radical (unpaired) electrons. The molecule has 0 saturated heterocycles. The summed E-state index contributed by atoms with van der Waals surface area (Å²) in [6.45, 7) is 1.73. The number of aryl methyl sites for hydroxylation is 1. The molecule has 0 aromatic heterocycles. The van der Waals surface area contributed by atoms with Crippen molar-refractivity contribution in [2.24, 2.45) is 0 Å². The van der Waals surface area contributed by atoms with Crippen LogP contribution in [-0.4, -0.2) is 24.4 Å².